The lowest BCUT2D eigenvalue weighted by atomic mass is 10.2. The van der Waals surface area contributed by atoms with Crippen LogP contribution in [0.25, 0.3) is 0 Å². The number of aryl methyl sites for hydroxylation is 1. The molecule has 0 bridgehead atoms. The summed E-state index contributed by atoms with van der Waals surface area (Å²) >= 11 is 0. The van der Waals surface area contributed by atoms with E-state index in [4.69, 9.17) is 5.11 Å². The van der Waals surface area contributed by atoms with Crippen molar-refractivity contribution >= 4 is 11.7 Å². The summed E-state index contributed by atoms with van der Waals surface area (Å²) in [5, 5.41) is 28.7. The maximum absolute atomic E-state index is 11.3. The van der Waals surface area contributed by atoms with Crippen molar-refractivity contribution in [2.45, 2.75) is 19.0 Å². The molecule has 2 rings (SSSR count). The monoisotopic (exact) mass is 276 g/mol. The van der Waals surface area contributed by atoms with Crippen LogP contribution in [0.2, 0.25) is 0 Å². The number of aliphatic carboxylic acids is 1. The highest BCUT2D eigenvalue weighted by molar-refractivity contribution is 5.78. The van der Waals surface area contributed by atoms with Crippen LogP contribution in [0.3, 0.4) is 0 Å². The minimum Gasteiger partial charge on any atom is -0.479 e. The highest BCUT2D eigenvalue weighted by Crippen LogP contribution is 2.17. The van der Waals surface area contributed by atoms with Crippen molar-refractivity contribution in [1.29, 1.82) is 0 Å². The SMILES string of the molecule is O=C(O)C(Nc1ccccc1)c1cn(CCCO)nn1. The summed E-state index contributed by atoms with van der Waals surface area (Å²) in [6, 6.07) is 8.10. The Morgan fingerprint density at radius 3 is 2.75 bits per heavy atom. The zero-order valence-electron chi connectivity index (χ0n) is 10.8. The van der Waals surface area contributed by atoms with Crippen LogP contribution in [0, 0.1) is 0 Å². The molecule has 0 spiro atoms. The summed E-state index contributed by atoms with van der Waals surface area (Å²) in [6.45, 7) is 0.557. The predicted molar refractivity (Wildman–Crippen MR) is 72.2 cm³/mol. The van der Waals surface area contributed by atoms with Gasteiger partial charge in [-0.2, -0.15) is 0 Å². The van der Waals surface area contributed by atoms with Crippen LogP contribution in [-0.2, 0) is 11.3 Å². The third-order valence-electron chi connectivity index (χ3n) is 2.73. The summed E-state index contributed by atoms with van der Waals surface area (Å²) in [5.74, 6) is -1.02. The van der Waals surface area contributed by atoms with E-state index in [9.17, 15) is 9.90 Å². The van der Waals surface area contributed by atoms with Crippen LogP contribution < -0.4 is 5.32 Å². The fraction of sp³-hybridized carbons (Fsp3) is 0.308. The Bertz CT molecular complexity index is 556. The summed E-state index contributed by atoms with van der Waals surface area (Å²) < 4.78 is 1.52. The molecule has 0 radical (unpaired) electrons. The number of aromatic nitrogens is 3. The molecule has 106 valence electrons. The van der Waals surface area contributed by atoms with Crippen molar-refractivity contribution in [2.24, 2.45) is 0 Å². The molecule has 0 saturated heterocycles. The van der Waals surface area contributed by atoms with Gasteiger partial charge < -0.3 is 15.5 Å². The van der Waals surface area contributed by atoms with E-state index in [2.05, 4.69) is 15.6 Å². The zero-order chi connectivity index (χ0) is 14.4. The number of benzene rings is 1. The van der Waals surface area contributed by atoms with Gasteiger partial charge in [-0.1, -0.05) is 23.4 Å². The van der Waals surface area contributed by atoms with E-state index >= 15 is 0 Å². The van der Waals surface area contributed by atoms with Crippen molar-refractivity contribution in [3.05, 3.63) is 42.2 Å². The molecule has 0 aliphatic heterocycles. The van der Waals surface area contributed by atoms with Crippen LogP contribution in [0.15, 0.2) is 36.5 Å². The minimum absolute atomic E-state index is 0.0554. The van der Waals surface area contributed by atoms with Gasteiger partial charge in [-0.3, -0.25) is 4.68 Å². The Morgan fingerprint density at radius 2 is 2.10 bits per heavy atom. The second kappa shape index (κ2) is 6.67. The number of carbonyl (C=O) groups is 1. The molecule has 0 aliphatic carbocycles. The first-order chi connectivity index (χ1) is 9.70. The van der Waals surface area contributed by atoms with Crippen molar-refractivity contribution in [2.75, 3.05) is 11.9 Å². The molecule has 1 unspecified atom stereocenters. The maximum atomic E-state index is 11.3. The molecule has 0 aliphatic rings. The van der Waals surface area contributed by atoms with Gasteiger partial charge in [0, 0.05) is 18.8 Å². The number of nitrogens with zero attached hydrogens (tertiary/aromatic N) is 3. The standard InChI is InChI=1S/C13H16N4O3/c18-8-4-7-17-9-11(15-16-17)12(13(19)20)14-10-5-2-1-3-6-10/h1-3,5-6,9,12,14,18H,4,7-8H2,(H,19,20). The van der Waals surface area contributed by atoms with E-state index in [1.54, 1.807) is 18.3 Å². The van der Waals surface area contributed by atoms with Gasteiger partial charge in [0.25, 0.3) is 0 Å². The van der Waals surface area contributed by atoms with Crippen LogP contribution in [0.5, 0.6) is 0 Å². The molecule has 0 saturated carbocycles. The normalized spacial score (nSPS) is 12.1. The fourth-order valence-corrected chi connectivity index (χ4v) is 1.75. The highest BCUT2D eigenvalue weighted by atomic mass is 16.4. The highest BCUT2D eigenvalue weighted by Gasteiger charge is 2.23. The third kappa shape index (κ3) is 3.55. The number of carboxylic acids is 1. The first-order valence-electron chi connectivity index (χ1n) is 6.26. The van der Waals surface area contributed by atoms with E-state index in [1.807, 2.05) is 18.2 Å². The molecule has 1 atom stereocenters. The van der Waals surface area contributed by atoms with Gasteiger partial charge in [-0.15, -0.1) is 5.10 Å². The lowest BCUT2D eigenvalue weighted by Crippen LogP contribution is -2.20. The Kier molecular flexibility index (Phi) is 4.67. The summed E-state index contributed by atoms with van der Waals surface area (Å²) in [6.07, 6.45) is 2.12. The van der Waals surface area contributed by atoms with Crippen LogP contribution in [-0.4, -0.2) is 37.8 Å². The summed E-state index contributed by atoms with van der Waals surface area (Å²) in [5.41, 5.74) is 1.03. The second-order valence-corrected chi connectivity index (χ2v) is 4.27. The molecule has 20 heavy (non-hydrogen) atoms. The van der Waals surface area contributed by atoms with E-state index in [0.29, 0.717) is 24.3 Å². The first kappa shape index (κ1) is 14.0. The number of carboxylic acid groups (broad SMARTS) is 1. The summed E-state index contributed by atoms with van der Waals surface area (Å²) in [4.78, 5) is 11.3. The van der Waals surface area contributed by atoms with E-state index in [-0.39, 0.29) is 6.61 Å². The average Bonchev–Trinajstić information content (AvgIpc) is 2.92. The third-order valence-corrected chi connectivity index (χ3v) is 2.73. The second-order valence-electron chi connectivity index (χ2n) is 4.27. The van der Waals surface area contributed by atoms with Crippen LogP contribution in [0.4, 0.5) is 5.69 Å². The van der Waals surface area contributed by atoms with Crippen molar-refractivity contribution in [3.8, 4) is 0 Å². The van der Waals surface area contributed by atoms with E-state index in [1.165, 1.54) is 4.68 Å². The predicted octanol–water partition coefficient (Wildman–Crippen LogP) is 0.898. The number of para-hydroxylation sites is 1. The van der Waals surface area contributed by atoms with Gasteiger partial charge in [-0.05, 0) is 18.6 Å². The molecule has 1 aromatic carbocycles. The lowest BCUT2D eigenvalue weighted by molar-refractivity contribution is -0.138. The number of hydrogen-bond donors (Lipinski definition) is 3. The largest absolute Gasteiger partial charge is 0.479 e. The van der Waals surface area contributed by atoms with Gasteiger partial charge in [0.15, 0.2) is 6.04 Å². The molecular weight excluding hydrogens is 260 g/mol. The molecule has 1 heterocycles. The van der Waals surface area contributed by atoms with Crippen molar-refractivity contribution in [1.82, 2.24) is 15.0 Å². The lowest BCUT2D eigenvalue weighted by Gasteiger charge is -2.12. The topological polar surface area (TPSA) is 100 Å². The minimum atomic E-state index is -1.02. The van der Waals surface area contributed by atoms with Gasteiger partial charge in [0.2, 0.25) is 0 Å². The number of hydrogen-bond acceptors (Lipinski definition) is 5. The van der Waals surface area contributed by atoms with Gasteiger partial charge in [0.1, 0.15) is 5.69 Å². The van der Waals surface area contributed by atoms with E-state index < -0.39 is 12.0 Å². The molecule has 1 aromatic heterocycles. The Balaban J connectivity index is 2.12. The smallest absolute Gasteiger partial charge is 0.332 e. The molecule has 2 aromatic rings. The molecular formula is C13H16N4O3. The quantitative estimate of drug-likeness (QED) is 0.694. The van der Waals surface area contributed by atoms with Crippen LogP contribution >= 0.6 is 0 Å². The fourth-order valence-electron chi connectivity index (χ4n) is 1.75. The molecule has 7 nitrogen and oxygen atoms in total. The molecule has 7 heteroatoms. The zero-order valence-corrected chi connectivity index (χ0v) is 10.8. The molecule has 0 amide bonds. The number of aliphatic hydroxyl groups excluding tert-OH is 1. The Morgan fingerprint density at radius 1 is 1.35 bits per heavy atom. The van der Waals surface area contributed by atoms with E-state index in [0.717, 1.165) is 0 Å². The van der Waals surface area contributed by atoms with Crippen LogP contribution in [0.1, 0.15) is 18.2 Å². The molecule has 3 N–H and O–H groups in total. The van der Waals surface area contributed by atoms with Gasteiger partial charge in [0.05, 0.1) is 6.20 Å². The molecule has 0 fully saturated rings. The Hall–Kier alpha value is -2.41. The first-order valence-corrected chi connectivity index (χ1v) is 6.26. The average molecular weight is 276 g/mol. The van der Waals surface area contributed by atoms with Gasteiger partial charge >= 0.3 is 5.97 Å². The summed E-state index contributed by atoms with van der Waals surface area (Å²) in [7, 11) is 0. The number of aliphatic hydroxyl groups is 1. The van der Waals surface area contributed by atoms with Gasteiger partial charge in [-0.25, -0.2) is 4.79 Å². The Labute approximate surface area is 115 Å². The van der Waals surface area contributed by atoms with Crippen molar-refractivity contribution in [3.63, 3.8) is 0 Å². The maximum Gasteiger partial charge on any atom is 0.332 e. The number of nitrogens with one attached hydrogen (secondary N) is 1. The van der Waals surface area contributed by atoms with Crippen molar-refractivity contribution < 1.29 is 15.0 Å². The number of anilines is 1. The number of rotatable bonds is 7.